The fourth-order valence-corrected chi connectivity index (χ4v) is 2.82. The van der Waals surface area contributed by atoms with Gasteiger partial charge in [-0.05, 0) is 18.7 Å². The first-order valence-electron chi connectivity index (χ1n) is 6.37. The molecule has 1 N–H and O–H groups in total. The van der Waals surface area contributed by atoms with Crippen LogP contribution in [0.2, 0.25) is 0 Å². The minimum Gasteiger partial charge on any atom is -0.493 e. The lowest BCUT2D eigenvalue weighted by Gasteiger charge is -2.34. The summed E-state index contributed by atoms with van der Waals surface area (Å²) >= 11 is 0. The van der Waals surface area contributed by atoms with E-state index in [0.717, 1.165) is 13.0 Å². The molecule has 1 saturated heterocycles. The quantitative estimate of drug-likeness (QED) is 0.874. The van der Waals surface area contributed by atoms with E-state index in [1.54, 1.807) is 26.4 Å². The second kappa shape index (κ2) is 4.42. The number of ether oxygens (including phenoxy) is 3. The number of Topliss-reactive ketones (excluding diaryl/α,β-unsaturated/α-hetero) is 1. The van der Waals surface area contributed by atoms with Gasteiger partial charge in [0.05, 0.1) is 26.2 Å². The van der Waals surface area contributed by atoms with Crippen LogP contribution in [-0.4, -0.2) is 38.7 Å². The first-order chi connectivity index (χ1) is 9.19. The van der Waals surface area contributed by atoms with Crippen LogP contribution in [0.25, 0.3) is 0 Å². The minimum atomic E-state index is -0.427. The van der Waals surface area contributed by atoms with E-state index in [2.05, 4.69) is 5.32 Å². The summed E-state index contributed by atoms with van der Waals surface area (Å²) in [6.45, 7) is 1.56. The Kier molecular flexibility index (Phi) is 2.86. The number of rotatable bonds is 2. The molecule has 0 aromatic heterocycles. The normalized spacial score (nSPS) is 25.1. The number of carbonyl (C=O) groups is 1. The molecule has 0 bridgehead atoms. The Bertz CT molecular complexity index is 520. The third-order valence-electron chi connectivity index (χ3n) is 3.81. The summed E-state index contributed by atoms with van der Waals surface area (Å²) in [5.41, 5.74) is 0.152. The molecule has 2 aliphatic rings. The van der Waals surface area contributed by atoms with Gasteiger partial charge in [0.25, 0.3) is 0 Å². The molecule has 1 aromatic rings. The van der Waals surface area contributed by atoms with E-state index in [0.29, 0.717) is 35.8 Å². The first kappa shape index (κ1) is 12.3. The van der Waals surface area contributed by atoms with E-state index < -0.39 is 5.60 Å². The molecule has 2 aliphatic heterocycles. The first-order valence-corrected chi connectivity index (χ1v) is 6.37. The summed E-state index contributed by atoms with van der Waals surface area (Å²) in [7, 11) is 3.13. The van der Waals surface area contributed by atoms with E-state index >= 15 is 0 Å². The zero-order chi connectivity index (χ0) is 13.5. The molecule has 1 unspecified atom stereocenters. The van der Waals surface area contributed by atoms with E-state index in [1.165, 1.54) is 0 Å². The summed E-state index contributed by atoms with van der Waals surface area (Å²) in [6.07, 6.45) is 1.25. The summed E-state index contributed by atoms with van der Waals surface area (Å²) in [5, 5.41) is 3.25. The van der Waals surface area contributed by atoms with Gasteiger partial charge in [0.1, 0.15) is 5.60 Å². The van der Waals surface area contributed by atoms with Crippen molar-refractivity contribution in [1.82, 2.24) is 5.32 Å². The Labute approximate surface area is 111 Å². The lowest BCUT2D eigenvalue weighted by atomic mass is 9.89. The number of methoxy groups -OCH3 is 2. The molecule has 3 rings (SSSR count). The van der Waals surface area contributed by atoms with Crippen LogP contribution < -0.4 is 19.5 Å². The van der Waals surface area contributed by atoms with Crippen LogP contribution >= 0.6 is 0 Å². The Morgan fingerprint density at radius 3 is 2.79 bits per heavy atom. The van der Waals surface area contributed by atoms with Crippen LogP contribution in [0, 0.1) is 0 Å². The predicted octanol–water partition coefficient (Wildman–Crippen LogP) is 1.40. The Morgan fingerprint density at radius 1 is 1.32 bits per heavy atom. The molecule has 19 heavy (non-hydrogen) atoms. The van der Waals surface area contributed by atoms with Crippen molar-refractivity contribution in [3.05, 3.63) is 17.7 Å². The van der Waals surface area contributed by atoms with E-state index in [4.69, 9.17) is 14.2 Å². The molecule has 0 aliphatic carbocycles. The highest BCUT2D eigenvalue weighted by Crippen LogP contribution is 2.46. The van der Waals surface area contributed by atoms with Crippen molar-refractivity contribution in [2.75, 3.05) is 27.3 Å². The van der Waals surface area contributed by atoms with E-state index in [1.807, 2.05) is 0 Å². The number of hydrogen-bond donors (Lipinski definition) is 1. The zero-order valence-corrected chi connectivity index (χ0v) is 11.1. The summed E-state index contributed by atoms with van der Waals surface area (Å²) in [5.74, 6) is 1.70. The molecule has 0 saturated carbocycles. The topological polar surface area (TPSA) is 56.8 Å². The fourth-order valence-electron chi connectivity index (χ4n) is 2.82. The van der Waals surface area contributed by atoms with Gasteiger partial charge in [0, 0.05) is 13.0 Å². The average Bonchev–Trinajstić information content (AvgIpc) is 2.85. The van der Waals surface area contributed by atoms with Crippen molar-refractivity contribution in [2.45, 2.75) is 18.4 Å². The number of carbonyl (C=O) groups excluding carboxylic acids is 1. The molecule has 1 atom stereocenters. The molecular weight excluding hydrogens is 246 g/mol. The van der Waals surface area contributed by atoms with Gasteiger partial charge in [-0.15, -0.1) is 0 Å². The highest BCUT2D eigenvalue weighted by Gasteiger charge is 2.44. The maximum Gasteiger partial charge on any atom is 0.204 e. The lowest BCUT2D eigenvalue weighted by molar-refractivity contribution is 0.0505. The van der Waals surface area contributed by atoms with E-state index in [-0.39, 0.29) is 5.78 Å². The molecule has 5 nitrogen and oxygen atoms in total. The molecule has 0 radical (unpaired) electrons. The van der Waals surface area contributed by atoms with Crippen LogP contribution in [0.3, 0.4) is 0 Å². The van der Waals surface area contributed by atoms with Gasteiger partial charge in [0.2, 0.25) is 5.75 Å². The second-order valence-electron chi connectivity index (χ2n) is 4.99. The van der Waals surface area contributed by atoms with Gasteiger partial charge < -0.3 is 19.5 Å². The smallest absolute Gasteiger partial charge is 0.204 e. The zero-order valence-electron chi connectivity index (χ0n) is 11.1. The SMILES string of the molecule is COc1ccc2c(c1OC)OC1(CCNC1)CC2=O. The minimum absolute atomic E-state index is 0.103. The highest BCUT2D eigenvalue weighted by atomic mass is 16.5. The number of hydrogen-bond acceptors (Lipinski definition) is 5. The van der Waals surface area contributed by atoms with Crippen LogP contribution in [-0.2, 0) is 0 Å². The third kappa shape index (κ3) is 1.85. The number of benzene rings is 1. The largest absolute Gasteiger partial charge is 0.493 e. The highest BCUT2D eigenvalue weighted by molar-refractivity contribution is 6.01. The third-order valence-corrected chi connectivity index (χ3v) is 3.81. The summed E-state index contributed by atoms with van der Waals surface area (Å²) in [6, 6.07) is 3.48. The molecule has 2 heterocycles. The predicted molar refractivity (Wildman–Crippen MR) is 69.3 cm³/mol. The summed E-state index contributed by atoms with van der Waals surface area (Å²) < 4.78 is 16.7. The van der Waals surface area contributed by atoms with Gasteiger partial charge >= 0.3 is 0 Å². The van der Waals surface area contributed by atoms with Crippen molar-refractivity contribution in [2.24, 2.45) is 0 Å². The van der Waals surface area contributed by atoms with Gasteiger partial charge in [-0.1, -0.05) is 0 Å². The average molecular weight is 263 g/mol. The summed E-state index contributed by atoms with van der Waals surface area (Å²) in [4.78, 5) is 12.3. The van der Waals surface area contributed by atoms with Crippen molar-refractivity contribution in [3.63, 3.8) is 0 Å². The Hall–Kier alpha value is -1.75. The van der Waals surface area contributed by atoms with Crippen LogP contribution in [0.15, 0.2) is 12.1 Å². The second-order valence-corrected chi connectivity index (χ2v) is 4.99. The fraction of sp³-hybridized carbons (Fsp3) is 0.500. The molecule has 5 heteroatoms. The molecule has 1 aromatic carbocycles. The monoisotopic (exact) mass is 263 g/mol. The van der Waals surface area contributed by atoms with Gasteiger partial charge in [0.15, 0.2) is 17.3 Å². The maximum absolute atomic E-state index is 12.3. The molecule has 0 amide bonds. The molecular formula is C14H17NO4. The molecule has 1 fully saturated rings. The van der Waals surface area contributed by atoms with Gasteiger partial charge in [-0.25, -0.2) is 0 Å². The number of ketones is 1. The van der Waals surface area contributed by atoms with Gasteiger partial charge in [-0.2, -0.15) is 0 Å². The van der Waals surface area contributed by atoms with Crippen LogP contribution in [0.4, 0.5) is 0 Å². The van der Waals surface area contributed by atoms with Crippen LogP contribution in [0.1, 0.15) is 23.2 Å². The Morgan fingerprint density at radius 2 is 2.16 bits per heavy atom. The van der Waals surface area contributed by atoms with E-state index in [9.17, 15) is 4.79 Å². The number of nitrogens with one attached hydrogen (secondary N) is 1. The standard InChI is InChI=1S/C14H17NO4/c1-17-11-4-3-9-10(16)7-14(5-6-15-8-14)19-12(9)13(11)18-2/h3-4,15H,5-8H2,1-2H3. The van der Waals surface area contributed by atoms with Crippen molar-refractivity contribution >= 4 is 5.78 Å². The van der Waals surface area contributed by atoms with Crippen molar-refractivity contribution in [3.8, 4) is 17.2 Å². The van der Waals surface area contributed by atoms with Gasteiger partial charge in [-0.3, -0.25) is 4.79 Å². The molecule has 102 valence electrons. The van der Waals surface area contributed by atoms with Crippen molar-refractivity contribution in [1.29, 1.82) is 0 Å². The molecule has 1 spiro atoms. The Balaban J connectivity index is 2.10. The number of fused-ring (bicyclic) bond motifs is 1. The van der Waals surface area contributed by atoms with Crippen molar-refractivity contribution < 1.29 is 19.0 Å². The maximum atomic E-state index is 12.3. The lowest BCUT2D eigenvalue weighted by Crippen LogP contribution is -2.43. The van der Waals surface area contributed by atoms with Crippen LogP contribution in [0.5, 0.6) is 17.2 Å².